The van der Waals surface area contributed by atoms with Gasteiger partial charge in [0.05, 0.1) is 15.7 Å². The number of rotatable bonds is 1. The van der Waals surface area contributed by atoms with Gasteiger partial charge in [0.2, 0.25) is 0 Å². The van der Waals surface area contributed by atoms with Gasteiger partial charge in [0.25, 0.3) is 0 Å². The molecule has 0 fully saturated rings. The summed E-state index contributed by atoms with van der Waals surface area (Å²) >= 11 is 1.91. The van der Waals surface area contributed by atoms with Gasteiger partial charge in [-0.05, 0) is 41.3 Å². The summed E-state index contributed by atoms with van der Waals surface area (Å²) in [6.45, 7) is 6.86. The van der Waals surface area contributed by atoms with Crippen LogP contribution >= 0.6 is 11.3 Å². The molecule has 0 unspecified atom stereocenters. The fraction of sp³-hybridized carbons (Fsp3) is 0.143. The number of thiophene rings is 1. The predicted molar refractivity (Wildman–Crippen MR) is 132 cm³/mol. The Hall–Kier alpha value is -3.10. The summed E-state index contributed by atoms with van der Waals surface area (Å²) in [6, 6.07) is 31.1. The smallest absolute Gasteiger partial charge is 0.0719 e. The number of aromatic nitrogens is 1. The molecule has 146 valence electrons. The summed E-state index contributed by atoms with van der Waals surface area (Å²) in [5, 5.41) is 5.36. The lowest BCUT2D eigenvalue weighted by Gasteiger charge is -2.18. The Morgan fingerprint density at radius 3 is 2.20 bits per heavy atom. The SMILES string of the molecule is CC(C)(C)c1ccc2sc3c(ccc4c5ccccc5n(-c5ccccc5)c43)c2c1. The van der Waals surface area contributed by atoms with Crippen molar-refractivity contribution in [3.8, 4) is 5.69 Å². The quantitative estimate of drug-likeness (QED) is 0.258. The fourth-order valence-electron chi connectivity index (χ4n) is 4.59. The molecule has 0 bridgehead atoms. The number of para-hydroxylation sites is 2. The van der Waals surface area contributed by atoms with Crippen LogP contribution in [-0.4, -0.2) is 4.57 Å². The highest BCUT2D eigenvalue weighted by Crippen LogP contribution is 2.43. The minimum absolute atomic E-state index is 0.144. The van der Waals surface area contributed by atoms with Crippen LogP contribution in [-0.2, 0) is 5.41 Å². The van der Waals surface area contributed by atoms with Gasteiger partial charge >= 0.3 is 0 Å². The molecule has 2 heterocycles. The molecule has 0 radical (unpaired) electrons. The topological polar surface area (TPSA) is 4.93 Å². The van der Waals surface area contributed by atoms with Crippen LogP contribution in [0, 0.1) is 0 Å². The zero-order valence-corrected chi connectivity index (χ0v) is 18.3. The molecule has 0 saturated carbocycles. The van der Waals surface area contributed by atoms with Crippen LogP contribution in [0.1, 0.15) is 26.3 Å². The highest BCUT2D eigenvalue weighted by atomic mass is 32.1. The molecule has 2 aromatic heterocycles. The van der Waals surface area contributed by atoms with E-state index >= 15 is 0 Å². The Balaban J connectivity index is 1.81. The molecule has 2 heteroatoms. The molecule has 6 aromatic rings. The van der Waals surface area contributed by atoms with Crippen molar-refractivity contribution in [2.75, 3.05) is 0 Å². The fourth-order valence-corrected chi connectivity index (χ4v) is 5.81. The van der Waals surface area contributed by atoms with E-state index in [9.17, 15) is 0 Å². The first-order chi connectivity index (χ1) is 14.5. The third-order valence-corrected chi connectivity index (χ3v) is 7.35. The van der Waals surface area contributed by atoms with Gasteiger partial charge in [-0.2, -0.15) is 0 Å². The molecular formula is C28H23NS. The van der Waals surface area contributed by atoms with Crippen LogP contribution in [0.4, 0.5) is 0 Å². The van der Waals surface area contributed by atoms with E-state index in [2.05, 4.69) is 110 Å². The lowest BCUT2D eigenvalue weighted by atomic mass is 9.86. The Bertz CT molecular complexity index is 1560. The predicted octanol–water partition coefficient (Wildman–Crippen LogP) is 8.45. The summed E-state index contributed by atoms with van der Waals surface area (Å²) in [4.78, 5) is 0. The molecule has 4 aromatic carbocycles. The third-order valence-electron chi connectivity index (χ3n) is 6.15. The highest BCUT2D eigenvalue weighted by molar-refractivity contribution is 7.26. The van der Waals surface area contributed by atoms with Crippen LogP contribution in [0.25, 0.3) is 47.7 Å². The average molecular weight is 406 g/mol. The van der Waals surface area contributed by atoms with Gasteiger partial charge in [-0.1, -0.05) is 75.4 Å². The molecular weight excluding hydrogens is 382 g/mol. The molecule has 6 rings (SSSR count). The molecule has 0 aliphatic carbocycles. The molecule has 0 N–H and O–H groups in total. The number of nitrogens with zero attached hydrogens (tertiary/aromatic N) is 1. The summed E-state index contributed by atoms with van der Waals surface area (Å²) in [6.07, 6.45) is 0. The van der Waals surface area contributed by atoms with Crippen molar-refractivity contribution in [2.24, 2.45) is 0 Å². The summed E-state index contributed by atoms with van der Waals surface area (Å²) < 4.78 is 5.16. The second kappa shape index (κ2) is 6.20. The van der Waals surface area contributed by atoms with Gasteiger partial charge in [-0.3, -0.25) is 0 Å². The van der Waals surface area contributed by atoms with Gasteiger partial charge in [0.1, 0.15) is 0 Å². The van der Waals surface area contributed by atoms with Crippen molar-refractivity contribution in [3.05, 3.63) is 90.5 Å². The van der Waals surface area contributed by atoms with E-state index in [-0.39, 0.29) is 5.41 Å². The third kappa shape index (κ3) is 2.47. The maximum atomic E-state index is 2.44. The first kappa shape index (κ1) is 17.7. The van der Waals surface area contributed by atoms with Crippen molar-refractivity contribution >= 4 is 53.3 Å². The minimum atomic E-state index is 0.144. The van der Waals surface area contributed by atoms with Gasteiger partial charge in [0, 0.05) is 31.9 Å². The Kier molecular flexibility index (Phi) is 3.66. The van der Waals surface area contributed by atoms with Crippen LogP contribution in [0.3, 0.4) is 0 Å². The Morgan fingerprint density at radius 2 is 1.40 bits per heavy atom. The van der Waals surface area contributed by atoms with Gasteiger partial charge in [-0.15, -0.1) is 11.3 Å². The summed E-state index contributed by atoms with van der Waals surface area (Å²) in [5.41, 5.74) is 5.32. The summed E-state index contributed by atoms with van der Waals surface area (Å²) in [7, 11) is 0. The van der Waals surface area contributed by atoms with Gasteiger partial charge in [-0.25, -0.2) is 0 Å². The zero-order valence-electron chi connectivity index (χ0n) is 17.4. The second-order valence-corrected chi connectivity index (χ2v) is 10.1. The van der Waals surface area contributed by atoms with E-state index in [1.807, 2.05) is 11.3 Å². The van der Waals surface area contributed by atoms with E-state index in [1.165, 1.54) is 53.2 Å². The number of benzene rings is 4. The van der Waals surface area contributed by atoms with E-state index in [0.29, 0.717) is 0 Å². The van der Waals surface area contributed by atoms with E-state index in [1.54, 1.807) is 0 Å². The first-order valence-electron chi connectivity index (χ1n) is 10.5. The van der Waals surface area contributed by atoms with Gasteiger partial charge < -0.3 is 4.57 Å². The first-order valence-corrected chi connectivity index (χ1v) is 11.3. The normalized spacial score (nSPS) is 12.5. The number of hydrogen-bond acceptors (Lipinski definition) is 1. The van der Waals surface area contributed by atoms with Crippen molar-refractivity contribution in [3.63, 3.8) is 0 Å². The minimum Gasteiger partial charge on any atom is -0.308 e. The average Bonchev–Trinajstić information content (AvgIpc) is 3.29. The van der Waals surface area contributed by atoms with Gasteiger partial charge in [0.15, 0.2) is 0 Å². The zero-order chi connectivity index (χ0) is 20.5. The maximum absolute atomic E-state index is 2.44. The second-order valence-electron chi connectivity index (χ2n) is 9.09. The van der Waals surface area contributed by atoms with Crippen LogP contribution in [0.15, 0.2) is 84.9 Å². The molecule has 0 aliphatic rings. The maximum Gasteiger partial charge on any atom is 0.0719 e. The number of fused-ring (bicyclic) bond motifs is 7. The van der Waals surface area contributed by atoms with E-state index in [0.717, 1.165) is 0 Å². The monoisotopic (exact) mass is 405 g/mol. The molecule has 0 amide bonds. The van der Waals surface area contributed by atoms with Crippen LogP contribution < -0.4 is 0 Å². The Morgan fingerprint density at radius 1 is 0.667 bits per heavy atom. The molecule has 0 spiro atoms. The molecule has 1 nitrogen and oxygen atoms in total. The van der Waals surface area contributed by atoms with Crippen molar-refractivity contribution < 1.29 is 0 Å². The van der Waals surface area contributed by atoms with E-state index < -0.39 is 0 Å². The van der Waals surface area contributed by atoms with Crippen molar-refractivity contribution in [2.45, 2.75) is 26.2 Å². The van der Waals surface area contributed by atoms with Crippen molar-refractivity contribution in [1.82, 2.24) is 4.57 Å². The highest BCUT2D eigenvalue weighted by Gasteiger charge is 2.19. The van der Waals surface area contributed by atoms with Crippen molar-refractivity contribution in [1.29, 1.82) is 0 Å². The molecule has 0 atom stereocenters. The van der Waals surface area contributed by atoms with E-state index in [4.69, 9.17) is 0 Å². The van der Waals surface area contributed by atoms with Crippen LogP contribution in [0.2, 0.25) is 0 Å². The van der Waals surface area contributed by atoms with Crippen LogP contribution in [0.5, 0.6) is 0 Å². The Labute approximate surface area is 180 Å². The molecule has 0 saturated heterocycles. The largest absolute Gasteiger partial charge is 0.308 e. The molecule has 30 heavy (non-hydrogen) atoms. The standard InChI is InChI=1S/C28H23NS/c1-28(2,3)18-13-16-25-23(17-18)22-15-14-21-20-11-7-8-12-24(20)29(26(21)27(22)30-25)19-9-5-4-6-10-19/h4-17H,1-3H3. The molecule has 0 aliphatic heterocycles. The summed E-state index contributed by atoms with van der Waals surface area (Å²) in [5.74, 6) is 0. The number of hydrogen-bond donors (Lipinski definition) is 0. The lowest BCUT2D eigenvalue weighted by Crippen LogP contribution is -2.10. The lowest BCUT2D eigenvalue weighted by molar-refractivity contribution is 0.591.